The van der Waals surface area contributed by atoms with E-state index >= 15 is 0 Å². The van der Waals surface area contributed by atoms with Crippen LogP contribution in [0.1, 0.15) is 6.92 Å². The van der Waals surface area contributed by atoms with E-state index in [1.807, 2.05) is 11.9 Å². The number of hydrogen-bond acceptors (Lipinski definition) is 5. The summed E-state index contributed by atoms with van der Waals surface area (Å²) in [7, 11) is 1.96. The number of aromatic nitrogens is 2. The standard InChI is InChI=1S/C7H13N5/c1-3-12(2)7-4-6(11-8)9-5-10-7/h4-5H,3,8H2,1-2H3,(H,9,10,11). The second-order valence-corrected chi connectivity index (χ2v) is 2.42. The Labute approximate surface area is 71.6 Å². The van der Waals surface area contributed by atoms with Crippen molar-refractivity contribution in [2.45, 2.75) is 6.92 Å². The van der Waals surface area contributed by atoms with Crippen molar-refractivity contribution in [1.82, 2.24) is 9.97 Å². The average molecular weight is 167 g/mol. The smallest absolute Gasteiger partial charge is 0.145 e. The van der Waals surface area contributed by atoms with Crippen LogP contribution < -0.4 is 16.2 Å². The van der Waals surface area contributed by atoms with Crippen molar-refractivity contribution >= 4 is 11.6 Å². The zero-order chi connectivity index (χ0) is 8.97. The molecule has 0 aliphatic heterocycles. The number of nitrogens with zero attached hydrogens (tertiary/aromatic N) is 3. The molecule has 0 aliphatic rings. The zero-order valence-electron chi connectivity index (χ0n) is 7.28. The van der Waals surface area contributed by atoms with Gasteiger partial charge in [-0.25, -0.2) is 15.8 Å². The van der Waals surface area contributed by atoms with Crippen LogP contribution in [-0.4, -0.2) is 23.6 Å². The van der Waals surface area contributed by atoms with Crippen molar-refractivity contribution in [2.24, 2.45) is 5.84 Å². The Bertz CT molecular complexity index is 249. The number of hydrazine groups is 1. The third-order valence-corrected chi connectivity index (χ3v) is 1.67. The molecule has 1 aromatic rings. The van der Waals surface area contributed by atoms with Gasteiger partial charge in [0.05, 0.1) is 0 Å². The fraction of sp³-hybridized carbons (Fsp3) is 0.429. The first-order valence-corrected chi connectivity index (χ1v) is 3.77. The summed E-state index contributed by atoms with van der Waals surface area (Å²) in [6, 6.07) is 1.80. The first kappa shape index (κ1) is 8.73. The highest BCUT2D eigenvalue weighted by Gasteiger charge is 2.00. The molecule has 0 spiro atoms. The maximum absolute atomic E-state index is 5.20. The maximum Gasteiger partial charge on any atom is 0.145 e. The molecular weight excluding hydrogens is 154 g/mol. The molecule has 1 aromatic heterocycles. The molecule has 0 bridgehead atoms. The summed E-state index contributed by atoms with van der Waals surface area (Å²) in [4.78, 5) is 9.98. The number of nitrogens with one attached hydrogen (secondary N) is 1. The summed E-state index contributed by atoms with van der Waals surface area (Å²) >= 11 is 0. The second kappa shape index (κ2) is 3.87. The molecule has 5 heteroatoms. The zero-order valence-corrected chi connectivity index (χ0v) is 7.28. The van der Waals surface area contributed by atoms with E-state index in [1.54, 1.807) is 6.07 Å². The molecule has 0 atom stereocenters. The summed E-state index contributed by atoms with van der Waals surface area (Å²) < 4.78 is 0. The lowest BCUT2D eigenvalue weighted by Gasteiger charge is -2.15. The number of nitrogen functional groups attached to an aromatic ring is 1. The minimum Gasteiger partial charge on any atom is -0.360 e. The molecule has 1 rings (SSSR count). The third-order valence-electron chi connectivity index (χ3n) is 1.67. The summed E-state index contributed by atoms with van der Waals surface area (Å²) in [6.45, 7) is 2.96. The predicted molar refractivity (Wildman–Crippen MR) is 48.8 cm³/mol. The summed E-state index contributed by atoms with van der Waals surface area (Å²) in [5.41, 5.74) is 2.47. The molecule has 0 radical (unpaired) electrons. The van der Waals surface area contributed by atoms with Crippen molar-refractivity contribution in [2.75, 3.05) is 23.9 Å². The lowest BCUT2D eigenvalue weighted by atomic mass is 10.5. The van der Waals surface area contributed by atoms with Crippen molar-refractivity contribution in [3.8, 4) is 0 Å². The van der Waals surface area contributed by atoms with Crippen molar-refractivity contribution in [3.05, 3.63) is 12.4 Å². The number of nitrogens with two attached hydrogens (primary N) is 1. The molecule has 0 aromatic carbocycles. The van der Waals surface area contributed by atoms with E-state index in [0.29, 0.717) is 5.82 Å². The third kappa shape index (κ3) is 1.82. The van der Waals surface area contributed by atoms with Gasteiger partial charge in [-0.05, 0) is 6.92 Å². The van der Waals surface area contributed by atoms with Crippen LogP contribution >= 0.6 is 0 Å². The van der Waals surface area contributed by atoms with Crippen LogP contribution in [0.2, 0.25) is 0 Å². The molecular formula is C7H13N5. The summed E-state index contributed by atoms with van der Waals surface area (Å²) in [5, 5.41) is 0. The van der Waals surface area contributed by atoms with Gasteiger partial charge >= 0.3 is 0 Å². The Morgan fingerprint density at radius 3 is 2.92 bits per heavy atom. The normalized spacial score (nSPS) is 9.58. The highest BCUT2D eigenvalue weighted by molar-refractivity contribution is 5.46. The fourth-order valence-corrected chi connectivity index (χ4v) is 0.797. The van der Waals surface area contributed by atoms with Gasteiger partial charge in [-0.15, -0.1) is 0 Å². The van der Waals surface area contributed by atoms with E-state index in [9.17, 15) is 0 Å². The Kier molecular flexibility index (Phi) is 2.82. The molecule has 66 valence electrons. The van der Waals surface area contributed by atoms with E-state index in [1.165, 1.54) is 6.33 Å². The molecule has 0 amide bonds. The molecule has 1 heterocycles. The maximum atomic E-state index is 5.20. The SMILES string of the molecule is CCN(C)c1cc(NN)ncn1. The largest absolute Gasteiger partial charge is 0.360 e. The number of rotatable bonds is 3. The van der Waals surface area contributed by atoms with Crippen molar-refractivity contribution < 1.29 is 0 Å². The van der Waals surface area contributed by atoms with Gasteiger partial charge in [-0.1, -0.05) is 0 Å². The molecule has 0 saturated heterocycles. The van der Waals surface area contributed by atoms with E-state index in [2.05, 4.69) is 22.3 Å². The van der Waals surface area contributed by atoms with Gasteiger partial charge in [0, 0.05) is 19.7 Å². The van der Waals surface area contributed by atoms with E-state index in [0.717, 1.165) is 12.4 Å². The molecule has 0 fully saturated rings. The van der Waals surface area contributed by atoms with Crippen molar-refractivity contribution in [3.63, 3.8) is 0 Å². The monoisotopic (exact) mass is 167 g/mol. The Hall–Kier alpha value is -1.36. The van der Waals surface area contributed by atoms with Gasteiger partial charge in [0.2, 0.25) is 0 Å². The van der Waals surface area contributed by atoms with E-state index < -0.39 is 0 Å². The van der Waals surface area contributed by atoms with Gasteiger partial charge in [0.25, 0.3) is 0 Å². The second-order valence-electron chi connectivity index (χ2n) is 2.42. The van der Waals surface area contributed by atoms with Crippen LogP contribution in [0.5, 0.6) is 0 Å². The van der Waals surface area contributed by atoms with Gasteiger partial charge in [-0.3, -0.25) is 0 Å². The summed E-state index contributed by atoms with van der Waals surface area (Å²) in [5.74, 6) is 6.69. The first-order valence-electron chi connectivity index (χ1n) is 3.77. The summed E-state index contributed by atoms with van der Waals surface area (Å²) in [6.07, 6.45) is 1.48. The molecule has 0 unspecified atom stereocenters. The van der Waals surface area contributed by atoms with Crippen LogP contribution in [0.4, 0.5) is 11.6 Å². The highest BCUT2D eigenvalue weighted by atomic mass is 15.3. The van der Waals surface area contributed by atoms with Crippen LogP contribution in [0.15, 0.2) is 12.4 Å². The van der Waals surface area contributed by atoms with Gasteiger partial charge in [0.1, 0.15) is 18.0 Å². The quantitative estimate of drug-likeness (QED) is 0.498. The van der Waals surface area contributed by atoms with E-state index in [4.69, 9.17) is 5.84 Å². The van der Waals surface area contributed by atoms with Crippen LogP contribution in [-0.2, 0) is 0 Å². The number of hydrogen-bond donors (Lipinski definition) is 2. The Morgan fingerprint density at radius 2 is 2.33 bits per heavy atom. The van der Waals surface area contributed by atoms with Crippen LogP contribution in [0.25, 0.3) is 0 Å². The van der Waals surface area contributed by atoms with E-state index in [-0.39, 0.29) is 0 Å². The molecule has 0 saturated carbocycles. The minimum atomic E-state index is 0.625. The van der Waals surface area contributed by atoms with Gasteiger partial charge < -0.3 is 10.3 Å². The molecule has 0 aliphatic carbocycles. The van der Waals surface area contributed by atoms with Gasteiger partial charge in [0.15, 0.2) is 0 Å². The number of anilines is 2. The fourth-order valence-electron chi connectivity index (χ4n) is 0.797. The first-order chi connectivity index (χ1) is 5.77. The van der Waals surface area contributed by atoms with Crippen LogP contribution in [0, 0.1) is 0 Å². The Morgan fingerprint density at radius 1 is 1.58 bits per heavy atom. The molecule has 5 nitrogen and oxygen atoms in total. The molecule has 3 N–H and O–H groups in total. The average Bonchev–Trinajstić information content (AvgIpc) is 2.17. The molecule has 12 heavy (non-hydrogen) atoms. The topological polar surface area (TPSA) is 67.1 Å². The highest BCUT2D eigenvalue weighted by Crippen LogP contribution is 2.10. The predicted octanol–water partition coefficient (Wildman–Crippen LogP) is 0.218. The van der Waals surface area contributed by atoms with Crippen molar-refractivity contribution in [1.29, 1.82) is 0 Å². The Balaban J connectivity index is 2.86. The van der Waals surface area contributed by atoms with Gasteiger partial charge in [-0.2, -0.15) is 0 Å². The lowest BCUT2D eigenvalue weighted by Crippen LogP contribution is -2.18. The van der Waals surface area contributed by atoms with Crippen LogP contribution in [0.3, 0.4) is 0 Å². The lowest BCUT2D eigenvalue weighted by molar-refractivity contribution is 0.928. The minimum absolute atomic E-state index is 0.625.